The van der Waals surface area contributed by atoms with E-state index in [1.807, 2.05) is 0 Å². The molecule has 6 nitrogen and oxygen atoms in total. The molecule has 0 radical (unpaired) electrons. The lowest BCUT2D eigenvalue weighted by molar-refractivity contribution is 0.0686. The molecule has 0 bridgehead atoms. The molecular weight excluding hydrogens is 288 g/mol. The van der Waals surface area contributed by atoms with E-state index in [9.17, 15) is 9.59 Å². The summed E-state index contributed by atoms with van der Waals surface area (Å²) in [6.45, 7) is 3.36. The minimum Gasteiger partial charge on any atom is -0.508 e. The second-order valence-corrected chi connectivity index (χ2v) is 4.61. The van der Waals surface area contributed by atoms with Crippen LogP contribution >= 0.6 is 0 Å². The van der Waals surface area contributed by atoms with Crippen molar-refractivity contribution in [3.63, 3.8) is 0 Å². The molecule has 0 fully saturated rings. The largest absolute Gasteiger partial charge is 0.508 e. The summed E-state index contributed by atoms with van der Waals surface area (Å²) in [6.07, 6.45) is 0. The third-order valence-corrected chi connectivity index (χ3v) is 2.90. The van der Waals surface area contributed by atoms with Gasteiger partial charge in [-0.25, -0.2) is 9.59 Å². The molecule has 0 aliphatic heterocycles. The third-order valence-electron chi connectivity index (χ3n) is 2.90. The van der Waals surface area contributed by atoms with Crippen LogP contribution in [-0.2, 0) is 0 Å². The monoisotopic (exact) mass is 304 g/mol. The summed E-state index contributed by atoms with van der Waals surface area (Å²) in [5.41, 5.74) is 1.55. The summed E-state index contributed by atoms with van der Waals surface area (Å²) >= 11 is 0. The van der Waals surface area contributed by atoms with Crippen molar-refractivity contribution >= 4 is 11.9 Å². The Morgan fingerprint density at radius 2 is 1.23 bits per heavy atom. The quantitative estimate of drug-likeness (QED) is 0.678. The van der Waals surface area contributed by atoms with Crippen molar-refractivity contribution in [1.29, 1.82) is 0 Å². The standard InChI is InChI=1S/2C8H8O3/c1-5-4-6(8(10)11)2-3-7(5)9;1-5-2-3-6(8(10)11)4-7(5)9/h2*2-4,9H,1H3,(H,10,11). The first kappa shape index (κ1) is 17.0. The second-order valence-electron chi connectivity index (χ2n) is 4.61. The summed E-state index contributed by atoms with van der Waals surface area (Å²) in [5, 5.41) is 35.1. The molecule has 0 aliphatic rings. The number of carboxylic acids is 2. The SMILES string of the molecule is Cc1cc(C(=O)O)ccc1O.Cc1ccc(C(=O)O)cc1O. The molecule has 0 saturated heterocycles. The van der Waals surface area contributed by atoms with E-state index in [4.69, 9.17) is 20.4 Å². The molecule has 2 aromatic rings. The van der Waals surface area contributed by atoms with Crippen LogP contribution < -0.4 is 0 Å². The summed E-state index contributed by atoms with van der Waals surface area (Å²) < 4.78 is 0. The molecule has 0 aliphatic carbocycles. The number of rotatable bonds is 2. The van der Waals surface area contributed by atoms with Crippen LogP contribution in [0.1, 0.15) is 31.8 Å². The maximum atomic E-state index is 10.4. The maximum absolute atomic E-state index is 10.4. The van der Waals surface area contributed by atoms with E-state index in [0.717, 1.165) is 0 Å². The Morgan fingerprint density at radius 3 is 1.68 bits per heavy atom. The third kappa shape index (κ3) is 4.52. The van der Waals surface area contributed by atoms with Gasteiger partial charge in [0.1, 0.15) is 11.5 Å². The van der Waals surface area contributed by atoms with Gasteiger partial charge in [0, 0.05) is 0 Å². The Morgan fingerprint density at radius 1 is 0.727 bits per heavy atom. The molecule has 0 atom stereocenters. The highest BCUT2D eigenvalue weighted by Crippen LogP contribution is 2.17. The first-order valence-electron chi connectivity index (χ1n) is 6.28. The van der Waals surface area contributed by atoms with Gasteiger partial charge >= 0.3 is 11.9 Å². The Hall–Kier alpha value is -3.02. The van der Waals surface area contributed by atoms with Gasteiger partial charge in [0.2, 0.25) is 0 Å². The zero-order valence-electron chi connectivity index (χ0n) is 12.1. The van der Waals surface area contributed by atoms with E-state index in [1.165, 1.54) is 30.3 Å². The molecule has 0 heterocycles. The number of hydrogen-bond donors (Lipinski definition) is 4. The number of phenolic OH excluding ortho intramolecular Hbond substituents is 2. The first-order chi connectivity index (χ1) is 10.2. The molecule has 6 heteroatoms. The van der Waals surface area contributed by atoms with E-state index in [0.29, 0.717) is 11.1 Å². The molecule has 116 valence electrons. The van der Waals surface area contributed by atoms with E-state index < -0.39 is 11.9 Å². The van der Waals surface area contributed by atoms with Crippen LogP contribution in [0.4, 0.5) is 0 Å². The van der Waals surface area contributed by atoms with Crippen molar-refractivity contribution < 1.29 is 30.0 Å². The maximum Gasteiger partial charge on any atom is 0.335 e. The van der Waals surface area contributed by atoms with Gasteiger partial charge in [0.05, 0.1) is 11.1 Å². The first-order valence-corrected chi connectivity index (χ1v) is 6.28. The number of hydrogen-bond acceptors (Lipinski definition) is 4. The van der Waals surface area contributed by atoms with Crippen LogP contribution in [0.5, 0.6) is 11.5 Å². The lowest BCUT2D eigenvalue weighted by atomic mass is 10.1. The fourth-order valence-corrected chi connectivity index (χ4v) is 1.53. The minimum atomic E-state index is -1.03. The molecule has 0 amide bonds. The van der Waals surface area contributed by atoms with Gasteiger partial charge in [-0.2, -0.15) is 0 Å². The van der Waals surface area contributed by atoms with Crippen molar-refractivity contribution in [2.24, 2.45) is 0 Å². The summed E-state index contributed by atoms with van der Waals surface area (Å²) in [6, 6.07) is 8.43. The average molecular weight is 304 g/mol. The number of aryl methyl sites for hydroxylation is 2. The average Bonchev–Trinajstić information content (AvgIpc) is 2.45. The van der Waals surface area contributed by atoms with Crippen LogP contribution in [0.15, 0.2) is 36.4 Å². The number of aromatic carboxylic acids is 2. The number of benzene rings is 2. The molecule has 2 rings (SSSR count). The number of aromatic hydroxyl groups is 2. The van der Waals surface area contributed by atoms with Gasteiger partial charge in [-0.3, -0.25) is 0 Å². The van der Waals surface area contributed by atoms with E-state index in [-0.39, 0.29) is 22.6 Å². The number of carboxylic acid groups (broad SMARTS) is 2. The fourth-order valence-electron chi connectivity index (χ4n) is 1.53. The highest BCUT2D eigenvalue weighted by atomic mass is 16.4. The van der Waals surface area contributed by atoms with Crippen LogP contribution in [0.25, 0.3) is 0 Å². The van der Waals surface area contributed by atoms with Crippen molar-refractivity contribution in [3.05, 3.63) is 58.7 Å². The molecule has 0 spiro atoms. The Labute approximate surface area is 126 Å². The van der Waals surface area contributed by atoms with Crippen LogP contribution in [0.2, 0.25) is 0 Å². The highest BCUT2D eigenvalue weighted by Gasteiger charge is 2.04. The molecule has 0 aromatic heterocycles. The normalized spacial score (nSPS) is 9.55. The van der Waals surface area contributed by atoms with Crippen molar-refractivity contribution in [2.45, 2.75) is 13.8 Å². The minimum absolute atomic E-state index is 0.0184. The lowest BCUT2D eigenvalue weighted by Gasteiger charge is -1.98. The fraction of sp³-hybridized carbons (Fsp3) is 0.125. The Balaban J connectivity index is 0.000000220. The second kappa shape index (κ2) is 7.12. The molecule has 4 N–H and O–H groups in total. The van der Waals surface area contributed by atoms with E-state index in [2.05, 4.69) is 0 Å². The van der Waals surface area contributed by atoms with Gasteiger partial charge < -0.3 is 20.4 Å². The predicted molar refractivity (Wildman–Crippen MR) is 79.6 cm³/mol. The summed E-state index contributed by atoms with van der Waals surface area (Å²) in [4.78, 5) is 20.7. The smallest absolute Gasteiger partial charge is 0.335 e. The molecule has 2 aromatic carbocycles. The van der Waals surface area contributed by atoms with Crippen LogP contribution in [0.3, 0.4) is 0 Å². The van der Waals surface area contributed by atoms with Crippen LogP contribution in [0, 0.1) is 13.8 Å². The van der Waals surface area contributed by atoms with E-state index in [1.54, 1.807) is 19.9 Å². The molecule has 0 unspecified atom stereocenters. The number of phenols is 2. The lowest BCUT2D eigenvalue weighted by Crippen LogP contribution is -1.95. The Kier molecular flexibility index (Phi) is 5.51. The van der Waals surface area contributed by atoms with Crippen molar-refractivity contribution in [2.75, 3.05) is 0 Å². The Bertz CT molecular complexity index is 644. The number of carbonyl (C=O) groups is 2. The predicted octanol–water partition coefficient (Wildman–Crippen LogP) is 2.80. The molecule has 22 heavy (non-hydrogen) atoms. The molecule has 0 saturated carbocycles. The summed E-state index contributed by atoms with van der Waals surface area (Å²) in [7, 11) is 0. The van der Waals surface area contributed by atoms with Crippen molar-refractivity contribution in [3.8, 4) is 11.5 Å². The van der Waals surface area contributed by atoms with Gasteiger partial charge in [-0.1, -0.05) is 6.07 Å². The zero-order valence-corrected chi connectivity index (χ0v) is 12.1. The zero-order chi connectivity index (χ0) is 16.9. The van der Waals surface area contributed by atoms with Crippen molar-refractivity contribution in [1.82, 2.24) is 0 Å². The van der Waals surface area contributed by atoms with Gasteiger partial charge in [-0.15, -0.1) is 0 Å². The topological polar surface area (TPSA) is 115 Å². The van der Waals surface area contributed by atoms with E-state index >= 15 is 0 Å². The highest BCUT2D eigenvalue weighted by molar-refractivity contribution is 5.88. The van der Waals surface area contributed by atoms with Crippen LogP contribution in [-0.4, -0.2) is 32.4 Å². The van der Waals surface area contributed by atoms with Gasteiger partial charge in [0.15, 0.2) is 0 Å². The molecular formula is C16H16O6. The van der Waals surface area contributed by atoms with Gasteiger partial charge in [-0.05, 0) is 55.3 Å². The summed E-state index contributed by atoms with van der Waals surface area (Å²) in [5.74, 6) is -1.87. The van der Waals surface area contributed by atoms with Gasteiger partial charge in [0.25, 0.3) is 0 Å².